The van der Waals surface area contributed by atoms with E-state index in [2.05, 4.69) is 4.98 Å². The Bertz CT molecular complexity index is 601. The SMILES string of the molecule is CN(C(=O)Cc1cccc(F)c1)c1cc(N)ccn1. The van der Waals surface area contributed by atoms with Gasteiger partial charge in [0.1, 0.15) is 11.6 Å². The predicted molar refractivity (Wildman–Crippen MR) is 72.2 cm³/mol. The number of rotatable bonds is 3. The van der Waals surface area contributed by atoms with E-state index in [1.807, 2.05) is 0 Å². The molecule has 0 atom stereocenters. The minimum absolute atomic E-state index is 0.116. The second kappa shape index (κ2) is 5.48. The van der Waals surface area contributed by atoms with Crippen LogP contribution in [0.25, 0.3) is 0 Å². The molecule has 2 rings (SSSR count). The zero-order chi connectivity index (χ0) is 13.8. The fourth-order valence-electron chi connectivity index (χ4n) is 1.69. The number of carbonyl (C=O) groups is 1. The lowest BCUT2D eigenvalue weighted by atomic mass is 10.1. The normalized spacial score (nSPS) is 10.2. The summed E-state index contributed by atoms with van der Waals surface area (Å²) in [5, 5.41) is 0. The van der Waals surface area contributed by atoms with Gasteiger partial charge in [0.15, 0.2) is 0 Å². The maximum atomic E-state index is 13.0. The Morgan fingerprint density at radius 1 is 1.37 bits per heavy atom. The highest BCUT2D eigenvalue weighted by Gasteiger charge is 2.13. The summed E-state index contributed by atoms with van der Waals surface area (Å²) in [6.45, 7) is 0. The molecule has 0 bridgehead atoms. The number of hydrogen-bond donors (Lipinski definition) is 1. The van der Waals surface area contributed by atoms with Crippen molar-refractivity contribution in [1.82, 2.24) is 4.98 Å². The molecule has 0 radical (unpaired) electrons. The van der Waals surface area contributed by atoms with Crippen LogP contribution in [0.2, 0.25) is 0 Å². The number of nitrogens with zero attached hydrogens (tertiary/aromatic N) is 2. The van der Waals surface area contributed by atoms with E-state index in [0.29, 0.717) is 17.1 Å². The van der Waals surface area contributed by atoms with Gasteiger partial charge in [0.05, 0.1) is 6.42 Å². The highest BCUT2D eigenvalue weighted by Crippen LogP contribution is 2.14. The van der Waals surface area contributed by atoms with Crippen molar-refractivity contribution >= 4 is 17.4 Å². The Balaban J connectivity index is 2.12. The van der Waals surface area contributed by atoms with Crippen molar-refractivity contribution in [3.05, 3.63) is 54.0 Å². The van der Waals surface area contributed by atoms with Gasteiger partial charge in [-0.05, 0) is 23.8 Å². The summed E-state index contributed by atoms with van der Waals surface area (Å²) in [5.41, 5.74) is 6.80. The third-order valence-electron chi connectivity index (χ3n) is 2.73. The Labute approximate surface area is 110 Å². The molecule has 0 aliphatic rings. The number of nitrogens with two attached hydrogens (primary N) is 1. The molecule has 0 spiro atoms. The molecule has 1 amide bonds. The number of amides is 1. The summed E-state index contributed by atoms with van der Waals surface area (Å²) in [4.78, 5) is 17.5. The first-order valence-electron chi connectivity index (χ1n) is 5.79. The van der Waals surface area contributed by atoms with Crippen LogP contribution in [0.5, 0.6) is 0 Å². The van der Waals surface area contributed by atoms with Gasteiger partial charge in [-0.1, -0.05) is 12.1 Å². The van der Waals surface area contributed by atoms with Gasteiger partial charge in [-0.3, -0.25) is 9.69 Å². The van der Waals surface area contributed by atoms with E-state index in [4.69, 9.17) is 5.73 Å². The zero-order valence-corrected chi connectivity index (χ0v) is 10.5. The van der Waals surface area contributed by atoms with Crippen LogP contribution in [-0.4, -0.2) is 17.9 Å². The second-order valence-corrected chi connectivity index (χ2v) is 4.21. The largest absolute Gasteiger partial charge is 0.399 e. The topological polar surface area (TPSA) is 59.2 Å². The van der Waals surface area contributed by atoms with Crippen molar-refractivity contribution in [3.8, 4) is 0 Å². The number of nitrogen functional groups attached to an aromatic ring is 1. The number of aromatic nitrogens is 1. The van der Waals surface area contributed by atoms with E-state index >= 15 is 0 Å². The fourth-order valence-corrected chi connectivity index (χ4v) is 1.69. The quantitative estimate of drug-likeness (QED) is 0.917. The van der Waals surface area contributed by atoms with Crippen molar-refractivity contribution in [2.45, 2.75) is 6.42 Å². The molecule has 5 heteroatoms. The lowest BCUT2D eigenvalue weighted by Crippen LogP contribution is -2.28. The van der Waals surface area contributed by atoms with Gasteiger partial charge in [0.25, 0.3) is 0 Å². The number of hydrogen-bond acceptors (Lipinski definition) is 3. The number of likely N-dealkylation sites (N-methyl/N-ethyl adjacent to an activating group) is 1. The van der Waals surface area contributed by atoms with Gasteiger partial charge >= 0.3 is 0 Å². The fraction of sp³-hybridized carbons (Fsp3) is 0.143. The van der Waals surface area contributed by atoms with Crippen LogP contribution in [0.4, 0.5) is 15.9 Å². The number of benzene rings is 1. The molecule has 1 aromatic heterocycles. The van der Waals surface area contributed by atoms with Crippen molar-refractivity contribution < 1.29 is 9.18 Å². The summed E-state index contributed by atoms with van der Waals surface area (Å²) >= 11 is 0. The zero-order valence-electron chi connectivity index (χ0n) is 10.5. The van der Waals surface area contributed by atoms with Gasteiger partial charge in [-0.25, -0.2) is 9.37 Å². The molecule has 0 unspecified atom stereocenters. The first kappa shape index (κ1) is 13.0. The Hall–Kier alpha value is -2.43. The first-order chi connectivity index (χ1) is 9.06. The highest BCUT2D eigenvalue weighted by molar-refractivity contribution is 5.93. The smallest absolute Gasteiger partial charge is 0.232 e. The van der Waals surface area contributed by atoms with Crippen molar-refractivity contribution in [2.24, 2.45) is 0 Å². The number of anilines is 2. The monoisotopic (exact) mass is 259 g/mol. The van der Waals surface area contributed by atoms with Crippen molar-refractivity contribution in [1.29, 1.82) is 0 Å². The third-order valence-corrected chi connectivity index (χ3v) is 2.73. The average Bonchev–Trinajstić information content (AvgIpc) is 2.38. The van der Waals surface area contributed by atoms with Crippen LogP contribution >= 0.6 is 0 Å². The third kappa shape index (κ3) is 3.28. The summed E-state index contributed by atoms with van der Waals surface area (Å²) in [5.74, 6) is -0.0554. The maximum Gasteiger partial charge on any atom is 0.232 e. The van der Waals surface area contributed by atoms with Gasteiger partial charge in [0.2, 0.25) is 5.91 Å². The molecule has 0 fully saturated rings. The van der Waals surface area contributed by atoms with E-state index in [1.165, 1.54) is 23.2 Å². The summed E-state index contributed by atoms with van der Waals surface area (Å²) in [6, 6.07) is 9.24. The Morgan fingerprint density at radius 3 is 2.84 bits per heavy atom. The minimum Gasteiger partial charge on any atom is -0.399 e. The molecule has 1 heterocycles. The van der Waals surface area contributed by atoms with E-state index in [0.717, 1.165) is 0 Å². The number of pyridine rings is 1. The van der Waals surface area contributed by atoms with Crippen LogP contribution in [0.1, 0.15) is 5.56 Å². The van der Waals surface area contributed by atoms with Crippen LogP contribution in [0.3, 0.4) is 0 Å². The van der Waals surface area contributed by atoms with E-state index in [-0.39, 0.29) is 18.1 Å². The summed E-state index contributed by atoms with van der Waals surface area (Å²) < 4.78 is 13.0. The van der Waals surface area contributed by atoms with Gasteiger partial charge in [-0.2, -0.15) is 0 Å². The van der Waals surface area contributed by atoms with Crippen LogP contribution in [0.15, 0.2) is 42.6 Å². The molecule has 2 aromatic rings. The Kier molecular flexibility index (Phi) is 3.75. The van der Waals surface area contributed by atoms with E-state index in [9.17, 15) is 9.18 Å². The molecule has 4 nitrogen and oxygen atoms in total. The molecule has 1 aromatic carbocycles. The second-order valence-electron chi connectivity index (χ2n) is 4.21. The van der Waals surface area contributed by atoms with Gasteiger partial charge in [0, 0.05) is 25.0 Å². The lowest BCUT2D eigenvalue weighted by molar-refractivity contribution is -0.117. The maximum absolute atomic E-state index is 13.0. The Morgan fingerprint density at radius 2 is 2.16 bits per heavy atom. The van der Waals surface area contributed by atoms with Crippen LogP contribution in [0, 0.1) is 5.82 Å². The average molecular weight is 259 g/mol. The molecule has 98 valence electrons. The molecular formula is C14H14FN3O. The van der Waals surface area contributed by atoms with E-state index in [1.54, 1.807) is 31.3 Å². The van der Waals surface area contributed by atoms with E-state index < -0.39 is 0 Å². The van der Waals surface area contributed by atoms with Crippen molar-refractivity contribution in [3.63, 3.8) is 0 Å². The molecular weight excluding hydrogens is 245 g/mol. The molecule has 2 N–H and O–H groups in total. The lowest BCUT2D eigenvalue weighted by Gasteiger charge is -2.16. The van der Waals surface area contributed by atoms with Crippen molar-refractivity contribution in [2.75, 3.05) is 17.7 Å². The van der Waals surface area contributed by atoms with Crippen LogP contribution in [-0.2, 0) is 11.2 Å². The molecule has 0 aliphatic heterocycles. The van der Waals surface area contributed by atoms with Gasteiger partial charge in [-0.15, -0.1) is 0 Å². The molecule has 19 heavy (non-hydrogen) atoms. The minimum atomic E-state index is -0.352. The van der Waals surface area contributed by atoms with Gasteiger partial charge < -0.3 is 5.73 Å². The molecule has 0 aliphatic carbocycles. The molecule has 0 saturated heterocycles. The predicted octanol–water partition coefficient (Wildman–Crippen LogP) is 2.01. The highest BCUT2D eigenvalue weighted by atomic mass is 19.1. The number of carbonyl (C=O) groups excluding carboxylic acids is 1. The number of halogens is 1. The van der Waals surface area contributed by atoms with Crippen LogP contribution < -0.4 is 10.6 Å². The summed E-state index contributed by atoms with van der Waals surface area (Å²) in [7, 11) is 1.61. The summed E-state index contributed by atoms with van der Waals surface area (Å²) in [6.07, 6.45) is 1.65. The molecule has 0 saturated carbocycles. The first-order valence-corrected chi connectivity index (χ1v) is 5.79. The standard InChI is InChI=1S/C14H14FN3O/c1-18(13-9-12(16)5-6-17-13)14(19)8-10-3-2-4-11(15)7-10/h2-7,9H,8H2,1H3,(H2,16,17).